The van der Waals surface area contributed by atoms with E-state index >= 15 is 0 Å². The summed E-state index contributed by atoms with van der Waals surface area (Å²) in [6, 6.07) is 0. The molecule has 2 heterocycles. The van der Waals surface area contributed by atoms with Crippen molar-refractivity contribution < 1.29 is 19.1 Å². The molecule has 10 nitrogen and oxygen atoms in total. The Morgan fingerprint density at radius 2 is 1.86 bits per heavy atom. The molecule has 156 valence electrons. The number of aromatic amines is 1. The van der Waals surface area contributed by atoms with Crippen LogP contribution in [0.3, 0.4) is 0 Å². The lowest BCUT2D eigenvalue weighted by molar-refractivity contribution is -0.116. The largest absolute Gasteiger partial charge is 0.481 e. The highest BCUT2D eigenvalue weighted by Crippen LogP contribution is 2.32. The molecule has 2 amide bonds. The first-order chi connectivity index (χ1) is 14.0. The Morgan fingerprint density at radius 3 is 2.55 bits per heavy atom. The van der Waals surface area contributed by atoms with E-state index in [0.717, 1.165) is 0 Å². The van der Waals surface area contributed by atoms with Crippen LogP contribution in [-0.4, -0.2) is 57.1 Å². The predicted octanol–water partition coefficient (Wildman–Crippen LogP) is 2.79. The van der Waals surface area contributed by atoms with Crippen molar-refractivity contribution in [2.75, 3.05) is 35.9 Å². The van der Waals surface area contributed by atoms with Gasteiger partial charge in [0.05, 0.1) is 20.5 Å². The standard InChI is InChI=1S/C16H19BrN6O4S2/c1-26-13-11(15(28)20-7-18-13)22-10(25)4-6-29-16-12(23-9(24)3-5-17)14(27-2)19-8-21-16/h7-8H,3-6H2,1-2H3,(H,22,25)(H,23,24)(H,18,20,28). The summed E-state index contributed by atoms with van der Waals surface area (Å²) in [5.41, 5.74) is 0.689. The number of amides is 2. The molecule has 2 aromatic rings. The van der Waals surface area contributed by atoms with E-state index in [0.29, 0.717) is 33.4 Å². The van der Waals surface area contributed by atoms with Crippen LogP contribution in [-0.2, 0) is 9.59 Å². The molecule has 0 saturated carbocycles. The topological polar surface area (TPSA) is 131 Å². The highest BCUT2D eigenvalue weighted by atomic mass is 79.9. The summed E-state index contributed by atoms with van der Waals surface area (Å²) in [6.45, 7) is 0. The van der Waals surface area contributed by atoms with Gasteiger partial charge in [-0.1, -0.05) is 28.1 Å². The van der Waals surface area contributed by atoms with Gasteiger partial charge in [0, 0.05) is 23.9 Å². The Kier molecular flexibility index (Phi) is 9.28. The number of rotatable bonds is 10. The number of nitrogens with one attached hydrogen (secondary N) is 3. The van der Waals surface area contributed by atoms with Crippen molar-refractivity contribution in [2.45, 2.75) is 17.9 Å². The molecule has 0 aliphatic heterocycles. The van der Waals surface area contributed by atoms with Crippen molar-refractivity contribution in [2.24, 2.45) is 0 Å². The van der Waals surface area contributed by atoms with E-state index in [1.54, 1.807) is 0 Å². The SMILES string of the molecule is COc1ncnc(SCCC(=O)Nc2c(OC)[nH]cnc2=S)c1NC(=O)CCBr. The highest BCUT2D eigenvalue weighted by Gasteiger charge is 2.16. The number of aromatic nitrogens is 4. The number of carbonyl (C=O) groups is 2. The van der Waals surface area contributed by atoms with Crippen molar-refractivity contribution in [1.29, 1.82) is 0 Å². The molecule has 13 heteroatoms. The molecule has 29 heavy (non-hydrogen) atoms. The van der Waals surface area contributed by atoms with Crippen LogP contribution in [0.4, 0.5) is 11.4 Å². The van der Waals surface area contributed by atoms with Crippen LogP contribution >= 0.6 is 39.9 Å². The fraction of sp³-hybridized carbons (Fsp3) is 0.375. The second kappa shape index (κ2) is 11.7. The molecule has 0 aliphatic carbocycles. The molecule has 0 atom stereocenters. The Labute approximate surface area is 184 Å². The van der Waals surface area contributed by atoms with Gasteiger partial charge in [-0.25, -0.2) is 9.97 Å². The molecule has 2 rings (SSSR count). The maximum absolute atomic E-state index is 12.3. The zero-order valence-electron chi connectivity index (χ0n) is 15.7. The molecule has 0 unspecified atom stereocenters. The van der Waals surface area contributed by atoms with Crippen LogP contribution in [0.5, 0.6) is 11.8 Å². The van der Waals surface area contributed by atoms with E-state index in [1.807, 2.05) is 0 Å². The van der Waals surface area contributed by atoms with E-state index in [9.17, 15) is 9.59 Å². The summed E-state index contributed by atoms with van der Waals surface area (Å²) in [7, 11) is 2.91. The van der Waals surface area contributed by atoms with Gasteiger partial charge in [-0.2, -0.15) is 4.98 Å². The first kappa shape index (κ1) is 23.0. The summed E-state index contributed by atoms with van der Waals surface area (Å²) < 4.78 is 10.6. The number of hydrogen-bond donors (Lipinski definition) is 3. The zero-order valence-corrected chi connectivity index (χ0v) is 18.9. The predicted molar refractivity (Wildman–Crippen MR) is 116 cm³/mol. The van der Waals surface area contributed by atoms with Gasteiger partial charge in [-0.15, -0.1) is 11.8 Å². The Hall–Kier alpha value is -2.25. The van der Waals surface area contributed by atoms with Crippen molar-refractivity contribution in [3.8, 4) is 11.8 Å². The number of alkyl halides is 1. The fourth-order valence-corrected chi connectivity index (χ4v) is 3.55. The number of nitrogens with zero attached hydrogens (tertiary/aromatic N) is 3. The van der Waals surface area contributed by atoms with Crippen LogP contribution in [0.1, 0.15) is 12.8 Å². The maximum Gasteiger partial charge on any atom is 0.241 e. The number of H-pyrrole nitrogens is 1. The smallest absolute Gasteiger partial charge is 0.241 e. The fourth-order valence-electron chi connectivity index (χ4n) is 2.11. The van der Waals surface area contributed by atoms with Crippen LogP contribution in [0, 0.1) is 4.64 Å². The lowest BCUT2D eigenvalue weighted by atomic mass is 10.4. The third kappa shape index (κ3) is 6.65. The van der Waals surface area contributed by atoms with Gasteiger partial charge in [0.2, 0.25) is 23.6 Å². The Morgan fingerprint density at radius 1 is 1.14 bits per heavy atom. The first-order valence-corrected chi connectivity index (χ1v) is 10.8. The molecule has 3 N–H and O–H groups in total. The van der Waals surface area contributed by atoms with Gasteiger partial charge in [-0.3, -0.25) is 9.59 Å². The van der Waals surface area contributed by atoms with Crippen LogP contribution in [0.25, 0.3) is 0 Å². The van der Waals surface area contributed by atoms with E-state index in [4.69, 9.17) is 21.7 Å². The van der Waals surface area contributed by atoms with Gasteiger partial charge in [0.15, 0.2) is 4.64 Å². The Bertz CT molecular complexity index is 927. The lowest BCUT2D eigenvalue weighted by Gasteiger charge is -2.12. The molecular formula is C16H19BrN6O4S2. The summed E-state index contributed by atoms with van der Waals surface area (Å²) >= 11 is 9.63. The van der Waals surface area contributed by atoms with Crippen LogP contribution in [0.15, 0.2) is 17.7 Å². The van der Waals surface area contributed by atoms with Crippen molar-refractivity contribution >= 4 is 63.1 Å². The van der Waals surface area contributed by atoms with Crippen LogP contribution < -0.4 is 20.1 Å². The molecule has 0 fully saturated rings. The van der Waals surface area contributed by atoms with Gasteiger partial charge in [0.25, 0.3) is 0 Å². The molecule has 0 aliphatic rings. The summed E-state index contributed by atoms with van der Waals surface area (Å²) in [4.78, 5) is 39.1. The number of ether oxygens (including phenoxy) is 2. The number of halogens is 1. The molecule has 0 saturated heterocycles. The first-order valence-electron chi connectivity index (χ1n) is 8.29. The van der Waals surface area contributed by atoms with Gasteiger partial charge < -0.3 is 25.1 Å². The molecule has 0 radical (unpaired) electrons. The molecule has 0 spiro atoms. The molecule has 2 aromatic heterocycles. The minimum Gasteiger partial charge on any atom is -0.481 e. The Balaban J connectivity index is 2.02. The van der Waals surface area contributed by atoms with Gasteiger partial charge in [0.1, 0.15) is 22.7 Å². The quantitative estimate of drug-likeness (QED) is 0.194. The zero-order chi connectivity index (χ0) is 21.2. The van der Waals surface area contributed by atoms with Crippen molar-refractivity contribution in [3.63, 3.8) is 0 Å². The van der Waals surface area contributed by atoms with Crippen molar-refractivity contribution in [3.05, 3.63) is 17.3 Å². The lowest BCUT2D eigenvalue weighted by Crippen LogP contribution is -2.15. The third-order valence-electron chi connectivity index (χ3n) is 3.41. The number of hydrogen-bond acceptors (Lipinski definition) is 9. The van der Waals surface area contributed by atoms with Gasteiger partial charge in [-0.05, 0) is 0 Å². The maximum atomic E-state index is 12.3. The summed E-state index contributed by atoms with van der Waals surface area (Å²) in [5.74, 6) is 0.498. The van der Waals surface area contributed by atoms with Crippen LogP contribution in [0.2, 0.25) is 0 Å². The molecule has 0 aromatic carbocycles. The number of methoxy groups -OCH3 is 2. The number of anilines is 2. The minimum absolute atomic E-state index is 0.165. The van der Waals surface area contributed by atoms with Crippen molar-refractivity contribution in [1.82, 2.24) is 19.9 Å². The third-order valence-corrected chi connectivity index (χ3v) is 5.11. The van der Waals surface area contributed by atoms with E-state index in [1.165, 1.54) is 38.6 Å². The molecular weight excluding hydrogens is 484 g/mol. The second-order valence-corrected chi connectivity index (χ2v) is 7.58. The van der Waals surface area contributed by atoms with E-state index in [-0.39, 0.29) is 35.2 Å². The van der Waals surface area contributed by atoms with E-state index in [2.05, 4.69) is 46.5 Å². The summed E-state index contributed by atoms with van der Waals surface area (Å²) in [6.07, 6.45) is 3.18. The number of thioether (sulfide) groups is 1. The second-order valence-electron chi connectivity index (χ2n) is 5.31. The van der Waals surface area contributed by atoms with E-state index < -0.39 is 0 Å². The minimum atomic E-state index is -0.269. The summed E-state index contributed by atoms with van der Waals surface area (Å²) in [5, 5.41) is 6.47. The van der Waals surface area contributed by atoms with Gasteiger partial charge >= 0.3 is 0 Å². The highest BCUT2D eigenvalue weighted by molar-refractivity contribution is 9.09. The molecule has 0 bridgehead atoms. The number of carbonyl (C=O) groups excluding carboxylic acids is 2. The average Bonchev–Trinajstić information content (AvgIpc) is 2.70. The normalized spacial score (nSPS) is 10.3. The monoisotopic (exact) mass is 502 g/mol. The average molecular weight is 503 g/mol.